The first-order valence-electron chi connectivity index (χ1n) is 5.70. The predicted molar refractivity (Wildman–Crippen MR) is 65.9 cm³/mol. The molecule has 0 radical (unpaired) electrons. The molecular weight excluding hydrogens is 204 g/mol. The summed E-state index contributed by atoms with van der Waals surface area (Å²) in [7, 11) is 0. The number of thiophene rings is 1. The summed E-state index contributed by atoms with van der Waals surface area (Å²) in [6.45, 7) is 7.71. The monoisotopic (exact) mass is 224 g/mol. The molecule has 2 N–H and O–H groups in total. The Kier molecular flexibility index (Phi) is 3.44. The molecule has 2 heterocycles. The maximum Gasteiger partial charge on any atom is 0.0330 e. The van der Waals surface area contributed by atoms with Gasteiger partial charge in [0.05, 0.1) is 0 Å². The van der Waals surface area contributed by atoms with Crippen LogP contribution in [0.4, 0.5) is 0 Å². The number of rotatable bonds is 3. The highest BCUT2D eigenvalue weighted by molar-refractivity contribution is 7.11. The van der Waals surface area contributed by atoms with E-state index in [1.807, 2.05) is 11.3 Å². The largest absolute Gasteiger partial charge is 0.326 e. The third kappa shape index (κ3) is 2.60. The van der Waals surface area contributed by atoms with E-state index in [9.17, 15) is 0 Å². The molecule has 84 valence electrons. The smallest absolute Gasteiger partial charge is 0.0330 e. The molecule has 1 saturated heterocycles. The van der Waals surface area contributed by atoms with Crippen molar-refractivity contribution in [3.05, 3.63) is 21.9 Å². The van der Waals surface area contributed by atoms with E-state index in [0.717, 1.165) is 18.5 Å². The second-order valence-electron chi connectivity index (χ2n) is 4.69. The highest BCUT2D eigenvalue weighted by Crippen LogP contribution is 2.26. The molecule has 1 aliphatic rings. The summed E-state index contributed by atoms with van der Waals surface area (Å²) in [5.74, 6) is 0.856. The van der Waals surface area contributed by atoms with E-state index in [1.165, 1.54) is 22.7 Å². The van der Waals surface area contributed by atoms with Crippen LogP contribution in [-0.4, -0.2) is 17.5 Å². The second-order valence-corrected chi connectivity index (χ2v) is 5.94. The lowest BCUT2D eigenvalue weighted by atomic mass is 10.1. The average molecular weight is 224 g/mol. The van der Waals surface area contributed by atoms with Crippen LogP contribution in [0.2, 0.25) is 0 Å². The Morgan fingerprint density at radius 3 is 2.67 bits per heavy atom. The lowest BCUT2D eigenvalue weighted by Crippen LogP contribution is -2.26. The van der Waals surface area contributed by atoms with Crippen molar-refractivity contribution in [3.63, 3.8) is 0 Å². The van der Waals surface area contributed by atoms with E-state index < -0.39 is 0 Å². The van der Waals surface area contributed by atoms with Gasteiger partial charge < -0.3 is 5.73 Å². The van der Waals surface area contributed by atoms with Gasteiger partial charge in [-0.05, 0) is 31.4 Å². The predicted octanol–water partition coefficient (Wildman–Crippen LogP) is 2.44. The van der Waals surface area contributed by atoms with Crippen molar-refractivity contribution in [2.24, 2.45) is 11.7 Å². The van der Waals surface area contributed by atoms with Crippen LogP contribution in [0.25, 0.3) is 0 Å². The van der Waals surface area contributed by atoms with Gasteiger partial charge in [0.25, 0.3) is 0 Å². The lowest BCUT2D eigenvalue weighted by Gasteiger charge is -2.19. The lowest BCUT2D eigenvalue weighted by molar-refractivity contribution is 0.259. The Morgan fingerprint density at radius 2 is 2.13 bits per heavy atom. The fourth-order valence-electron chi connectivity index (χ4n) is 2.42. The zero-order chi connectivity index (χ0) is 10.8. The fourth-order valence-corrected chi connectivity index (χ4v) is 3.35. The molecule has 0 amide bonds. The van der Waals surface area contributed by atoms with Gasteiger partial charge in [0.1, 0.15) is 0 Å². The minimum absolute atomic E-state index is 0.677. The molecule has 0 aromatic carbocycles. The van der Waals surface area contributed by atoms with Crippen molar-refractivity contribution < 1.29 is 0 Å². The number of nitrogens with zero attached hydrogens (tertiary/aromatic N) is 1. The summed E-state index contributed by atoms with van der Waals surface area (Å²) in [6.07, 6.45) is 1.34. The number of hydrogen-bond donors (Lipinski definition) is 1. The second kappa shape index (κ2) is 4.64. The van der Waals surface area contributed by atoms with Crippen molar-refractivity contribution >= 4 is 11.3 Å². The molecule has 15 heavy (non-hydrogen) atoms. The van der Waals surface area contributed by atoms with E-state index in [1.54, 1.807) is 0 Å². The summed E-state index contributed by atoms with van der Waals surface area (Å²) in [6, 6.07) is 5.12. The normalized spacial score (nSPS) is 27.4. The fraction of sp³-hybridized carbons (Fsp3) is 0.667. The molecule has 1 aromatic heterocycles. The third-order valence-electron chi connectivity index (χ3n) is 3.19. The van der Waals surface area contributed by atoms with Crippen molar-refractivity contribution in [1.29, 1.82) is 0 Å². The van der Waals surface area contributed by atoms with Crippen molar-refractivity contribution in [2.75, 3.05) is 6.54 Å². The Balaban J connectivity index is 1.96. The first kappa shape index (κ1) is 11.1. The molecule has 0 bridgehead atoms. The molecule has 2 nitrogen and oxygen atoms in total. The van der Waals surface area contributed by atoms with E-state index in [0.29, 0.717) is 6.54 Å². The van der Waals surface area contributed by atoms with Gasteiger partial charge in [-0.2, -0.15) is 0 Å². The summed E-state index contributed by atoms with van der Waals surface area (Å²) in [4.78, 5) is 5.33. The van der Waals surface area contributed by atoms with Crippen LogP contribution < -0.4 is 5.73 Å². The van der Waals surface area contributed by atoms with Crippen molar-refractivity contribution in [2.45, 2.75) is 39.4 Å². The molecule has 1 fully saturated rings. The molecule has 3 heteroatoms. The van der Waals surface area contributed by atoms with E-state index >= 15 is 0 Å². The van der Waals surface area contributed by atoms with Gasteiger partial charge in [0, 0.05) is 35.4 Å². The van der Waals surface area contributed by atoms with Crippen molar-refractivity contribution in [1.82, 2.24) is 4.90 Å². The Morgan fingerprint density at radius 1 is 1.40 bits per heavy atom. The molecule has 0 spiro atoms. The zero-order valence-corrected chi connectivity index (χ0v) is 10.4. The minimum atomic E-state index is 0.677. The van der Waals surface area contributed by atoms with Crippen LogP contribution in [-0.2, 0) is 13.1 Å². The van der Waals surface area contributed by atoms with Crippen LogP contribution in [0.1, 0.15) is 30.0 Å². The minimum Gasteiger partial charge on any atom is -0.326 e. The quantitative estimate of drug-likeness (QED) is 0.854. The van der Waals surface area contributed by atoms with Crippen LogP contribution in [0.5, 0.6) is 0 Å². The van der Waals surface area contributed by atoms with E-state index in [-0.39, 0.29) is 0 Å². The molecule has 0 aliphatic carbocycles. The van der Waals surface area contributed by atoms with Gasteiger partial charge in [-0.1, -0.05) is 6.92 Å². The molecule has 2 atom stereocenters. The number of hydrogen-bond acceptors (Lipinski definition) is 3. The summed E-state index contributed by atoms with van der Waals surface area (Å²) in [5, 5.41) is 0. The SMILES string of the molecule is CC1CC(C)N(Cc2ccc(CN)s2)C1. The maximum absolute atomic E-state index is 5.62. The first-order valence-corrected chi connectivity index (χ1v) is 6.52. The van der Waals surface area contributed by atoms with Gasteiger partial charge in [-0.3, -0.25) is 4.90 Å². The Bertz CT molecular complexity index is 321. The van der Waals surface area contributed by atoms with Crippen LogP contribution in [0.3, 0.4) is 0 Å². The van der Waals surface area contributed by atoms with Crippen LogP contribution in [0.15, 0.2) is 12.1 Å². The van der Waals surface area contributed by atoms with Gasteiger partial charge in [0.15, 0.2) is 0 Å². The topological polar surface area (TPSA) is 29.3 Å². The Labute approximate surface area is 96.1 Å². The molecule has 0 saturated carbocycles. The van der Waals surface area contributed by atoms with Gasteiger partial charge >= 0.3 is 0 Å². The number of nitrogens with two attached hydrogens (primary N) is 1. The van der Waals surface area contributed by atoms with Gasteiger partial charge in [0.2, 0.25) is 0 Å². The highest BCUT2D eigenvalue weighted by atomic mass is 32.1. The molecule has 2 unspecified atom stereocenters. The molecule has 2 rings (SSSR count). The third-order valence-corrected chi connectivity index (χ3v) is 4.28. The Hall–Kier alpha value is -0.380. The molecular formula is C12H20N2S. The molecule has 1 aliphatic heterocycles. The zero-order valence-electron chi connectivity index (χ0n) is 9.57. The van der Waals surface area contributed by atoms with Gasteiger partial charge in [-0.15, -0.1) is 11.3 Å². The van der Waals surface area contributed by atoms with Crippen LogP contribution >= 0.6 is 11.3 Å². The number of likely N-dealkylation sites (tertiary alicyclic amines) is 1. The van der Waals surface area contributed by atoms with E-state index in [2.05, 4.69) is 30.9 Å². The van der Waals surface area contributed by atoms with Crippen LogP contribution in [0, 0.1) is 5.92 Å². The standard InChI is InChI=1S/C12H20N2S/c1-9-5-10(2)14(7-9)8-12-4-3-11(6-13)15-12/h3-4,9-10H,5-8,13H2,1-2H3. The maximum atomic E-state index is 5.62. The average Bonchev–Trinajstić information content (AvgIpc) is 2.75. The molecule has 1 aromatic rings. The van der Waals surface area contributed by atoms with E-state index in [4.69, 9.17) is 5.73 Å². The highest BCUT2D eigenvalue weighted by Gasteiger charge is 2.25. The first-order chi connectivity index (χ1) is 7.19. The van der Waals surface area contributed by atoms with Crippen molar-refractivity contribution in [3.8, 4) is 0 Å². The van der Waals surface area contributed by atoms with Gasteiger partial charge in [-0.25, -0.2) is 0 Å². The summed E-state index contributed by atoms with van der Waals surface area (Å²) in [5.41, 5.74) is 5.62. The summed E-state index contributed by atoms with van der Waals surface area (Å²) >= 11 is 1.86. The summed E-state index contributed by atoms with van der Waals surface area (Å²) < 4.78 is 0.